The number of carbonyl (C=O) groups is 1. The minimum atomic E-state index is 0.0349. The maximum absolute atomic E-state index is 12.8. The lowest BCUT2D eigenvalue weighted by atomic mass is 9.93. The Morgan fingerprint density at radius 2 is 1.78 bits per heavy atom. The Kier molecular flexibility index (Phi) is 6.30. The fourth-order valence-electron chi connectivity index (χ4n) is 4.14. The van der Waals surface area contributed by atoms with E-state index in [2.05, 4.69) is 25.4 Å². The largest absolute Gasteiger partial charge is 0.339 e. The van der Waals surface area contributed by atoms with Gasteiger partial charge in [0.25, 0.3) is 0 Å². The predicted molar refractivity (Wildman–Crippen MR) is 125 cm³/mol. The third-order valence-corrected chi connectivity index (χ3v) is 6.12. The number of carbonyl (C=O) groups excluding carboxylic acids is 1. The summed E-state index contributed by atoms with van der Waals surface area (Å²) in [5.74, 6) is 1.80. The zero-order chi connectivity index (χ0) is 22.7. The van der Waals surface area contributed by atoms with E-state index >= 15 is 0 Å². The summed E-state index contributed by atoms with van der Waals surface area (Å²) in [5, 5.41) is 7.74. The van der Waals surface area contributed by atoms with Crippen molar-refractivity contribution >= 4 is 23.6 Å². The molecule has 1 saturated heterocycles. The number of likely N-dealkylation sites (tertiary alicyclic amines) is 1. The van der Waals surface area contributed by atoms with Crippen LogP contribution in [0, 0.1) is 20.8 Å². The van der Waals surface area contributed by atoms with E-state index in [1.165, 1.54) is 0 Å². The molecule has 3 aromatic rings. The number of hydrogen-bond acceptors (Lipinski definition) is 6. The van der Waals surface area contributed by atoms with E-state index in [0.29, 0.717) is 13.1 Å². The van der Waals surface area contributed by atoms with Crippen LogP contribution in [-0.4, -0.2) is 48.6 Å². The van der Waals surface area contributed by atoms with Crippen LogP contribution in [0.4, 0.5) is 11.6 Å². The van der Waals surface area contributed by atoms with Gasteiger partial charge in [-0.05, 0) is 51.3 Å². The van der Waals surface area contributed by atoms with E-state index in [1.54, 1.807) is 24.7 Å². The van der Waals surface area contributed by atoms with Crippen LogP contribution in [0.1, 0.15) is 47.0 Å². The van der Waals surface area contributed by atoms with Crippen LogP contribution in [0.2, 0.25) is 0 Å². The molecule has 1 N–H and O–H groups in total. The van der Waals surface area contributed by atoms with Crippen molar-refractivity contribution in [1.29, 1.82) is 0 Å². The highest BCUT2D eigenvalue weighted by molar-refractivity contribution is 5.92. The molecule has 0 spiro atoms. The normalized spacial score (nSPS) is 14.8. The molecule has 32 heavy (non-hydrogen) atoms. The minimum Gasteiger partial charge on any atom is -0.339 e. The molecular formula is C24H29N7O. The van der Waals surface area contributed by atoms with E-state index in [-0.39, 0.29) is 11.8 Å². The van der Waals surface area contributed by atoms with E-state index < -0.39 is 0 Å². The number of hydrogen-bond donors (Lipinski definition) is 1. The minimum absolute atomic E-state index is 0.0349. The lowest BCUT2D eigenvalue weighted by Crippen LogP contribution is -2.37. The highest BCUT2D eigenvalue weighted by Gasteiger charge is 2.26. The molecule has 4 heterocycles. The van der Waals surface area contributed by atoms with Crippen LogP contribution in [0.5, 0.6) is 0 Å². The average Bonchev–Trinajstić information content (AvgIpc) is 3.05. The Bertz CT molecular complexity index is 1140. The molecule has 0 unspecified atom stereocenters. The Hall–Kier alpha value is -3.55. The van der Waals surface area contributed by atoms with Crippen molar-refractivity contribution in [2.45, 2.75) is 39.5 Å². The first-order chi connectivity index (χ1) is 15.4. The van der Waals surface area contributed by atoms with Crippen molar-refractivity contribution in [1.82, 2.24) is 29.6 Å². The maximum atomic E-state index is 12.8. The summed E-state index contributed by atoms with van der Waals surface area (Å²) in [4.78, 5) is 28.2. The molecule has 166 valence electrons. The van der Waals surface area contributed by atoms with Crippen LogP contribution < -0.4 is 5.32 Å². The van der Waals surface area contributed by atoms with Gasteiger partial charge in [-0.3, -0.25) is 14.5 Å². The number of aryl methyl sites for hydroxylation is 3. The topological polar surface area (TPSA) is 88.8 Å². The molecule has 8 nitrogen and oxygen atoms in total. The summed E-state index contributed by atoms with van der Waals surface area (Å²) >= 11 is 0. The highest BCUT2D eigenvalue weighted by atomic mass is 16.2. The van der Waals surface area contributed by atoms with Crippen molar-refractivity contribution < 1.29 is 4.79 Å². The molecule has 1 aliphatic rings. The van der Waals surface area contributed by atoms with Crippen LogP contribution in [0.15, 0.2) is 36.8 Å². The zero-order valence-corrected chi connectivity index (χ0v) is 19.0. The van der Waals surface area contributed by atoms with Gasteiger partial charge < -0.3 is 10.2 Å². The van der Waals surface area contributed by atoms with Gasteiger partial charge in [0.05, 0.1) is 11.4 Å². The van der Waals surface area contributed by atoms with Crippen molar-refractivity contribution in [2.24, 2.45) is 7.05 Å². The fraction of sp³-hybridized carbons (Fsp3) is 0.375. The molecule has 1 amide bonds. The number of piperidine rings is 1. The first-order valence-electron chi connectivity index (χ1n) is 10.9. The SMILES string of the molecule is Cc1cccnc1Nc1nccnc1C1CCN(C(=O)/C=C/c2c(C)nn(C)c2C)CC1. The van der Waals surface area contributed by atoms with Gasteiger partial charge in [0.15, 0.2) is 5.82 Å². The van der Waals surface area contributed by atoms with Crippen LogP contribution in [-0.2, 0) is 11.8 Å². The van der Waals surface area contributed by atoms with Gasteiger partial charge in [0.1, 0.15) is 5.82 Å². The van der Waals surface area contributed by atoms with Gasteiger partial charge in [-0.25, -0.2) is 9.97 Å². The van der Waals surface area contributed by atoms with Crippen molar-refractivity contribution in [3.8, 4) is 0 Å². The molecule has 4 rings (SSSR count). The van der Waals surface area contributed by atoms with Crippen LogP contribution >= 0.6 is 0 Å². The standard InChI is InChI=1S/C24H29N7O/c1-16-6-5-11-26-23(16)28-24-22(25-12-13-27-24)19-9-14-31(15-10-19)21(32)8-7-20-17(2)29-30(4)18(20)3/h5-8,11-13,19H,9-10,14-15H2,1-4H3,(H,26,27,28)/b8-7+. The van der Waals surface area contributed by atoms with Crippen molar-refractivity contribution in [3.63, 3.8) is 0 Å². The van der Waals surface area contributed by atoms with Crippen molar-refractivity contribution in [2.75, 3.05) is 18.4 Å². The third kappa shape index (κ3) is 4.54. The van der Waals surface area contributed by atoms with Gasteiger partial charge in [0.2, 0.25) is 5.91 Å². The monoisotopic (exact) mass is 431 g/mol. The predicted octanol–water partition coefficient (Wildman–Crippen LogP) is 3.69. The summed E-state index contributed by atoms with van der Waals surface area (Å²) in [6.07, 6.45) is 10.4. The fourth-order valence-corrected chi connectivity index (χ4v) is 4.14. The Balaban J connectivity index is 1.41. The second kappa shape index (κ2) is 9.30. The lowest BCUT2D eigenvalue weighted by Gasteiger charge is -2.31. The highest BCUT2D eigenvalue weighted by Crippen LogP contribution is 2.31. The first kappa shape index (κ1) is 21.7. The van der Waals surface area contributed by atoms with Gasteiger partial charge in [-0.2, -0.15) is 5.10 Å². The van der Waals surface area contributed by atoms with Gasteiger partial charge in [0, 0.05) is 62.0 Å². The molecule has 8 heteroatoms. The van der Waals surface area contributed by atoms with Crippen LogP contribution in [0.25, 0.3) is 6.08 Å². The van der Waals surface area contributed by atoms with Gasteiger partial charge in [-0.15, -0.1) is 0 Å². The summed E-state index contributed by atoms with van der Waals surface area (Å²) in [6.45, 7) is 7.36. The number of pyridine rings is 1. The Morgan fingerprint density at radius 1 is 1.06 bits per heavy atom. The summed E-state index contributed by atoms with van der Waals surface area (Å²) in [7, 11) is 1.91. The summed E-state index contributed by atoms with van der Waals surface area (Å²) in [6, 6.07) is 3.92. The third-order valence-electron chi connectivity index (χ3n) is 6.12. The zero-order valence-electron chi connectivity index (χ0n) is 19.0. The van der Waals surface area contributed by atoms with E-state index in [1.807, 2.05) is 55.6 Å². The molecular weight excluding hydrogens is 402 g/mol. The molecule has 0 atom stereocenters. The Labute approximate surface area is 188 Å². The molecule has 1 aliphatic heterocycles. The number of anilines is 2. The smallest absolute Gasteiger partial charge is 0.246 e. The molecule has 0 saturated carbocycles. The van der Waals surface area contributed by atoms with Crippen LogP contribution in [0.3, 0.4) is 0 Å². The number of aromatic nitrogens is 5. The number of amides is 1. The number of nitrogens with zero attached hydrogens (tertiary/aromatic N) is 6. The summed E-state index contributed by atoms with van der Waals surface area (Å²) < 4.78 is 1.84. The maximum Gasteiger partial charge on any atom is 0.246 e. The molecule has 1 fully saturated rings. The Morgan fingerprint density at radius 3 is 2.47 bits per heavy atom. The first-order valence-corrected chi connectivity index (χ1v) is 10.9. The quantitative estimate of drug-likeness (QED) is 0.620. The van der Waals surface area contributed by atoms with E-state index in [0.717, 1.165) is 52.7 Å². The second-order valence-corrected chi connectivity index (χ2v) is 8.23. The number of rotatable bonds is 5. The summed E-state index contributed by atoms with van der Waals surface area (Å²) in [5.41, 5.74) is 4.97. The lowest BCUT2D eigenvalue weighted by molar-refractivity contribution is -0.126. The van der Waals surface area contributed by atoms with Crippen molar-refractivity contribution in [3.05, 3.63) is 65.0 Å². The molecule has 3 aromatic heterocycles. The van der Waals surface area contributed by atoms with Gasteiger partial charge >= 0.3 is 0 Å². The molecule has 0 radical (unpaired) electrons. The molecule has 0 aromatic carbocycles. The van der Waals surface area contributed by atoms with E-state index in [9.17, 15) is 4.79 Å². The average molecular weight is 432 g/mol. The van der Waals surface area contributed by atoms with Gasteiger partial charge in [-0.1, -0.05) is 6.07 Å². The second-order valence-electron chi connectivity index (χ2n) is 8.23. The molecule has 0 bridgehead atoms. The van der Waals surface area contributed by atoms with E-state index in [4.69, 9.17) is 0 Å². The number of nitrogens with one attached hydrogen (secondary N) is 1. The molecule has 0 aliphatic carbocycles.